The lowest BCUT2D eigenvalue weighted by Crippen LogP contribution is -2.08. The molecule has 2 heterocycles. The first-order chi connectivity index (χ1) is 10.9. The highest BCUT2D eigenvalue weighted by molar-refractivity contribution is 7.17. The number of hydrogen-bond acceptors (Lipinski definition) is 4. The van der Waals surface area contributed by atoms with Crippen molar-refractivity contribution in [3.8, 4) is 5.75 Å². The predicted octanol–water partition coefficient (Wildman–Crippen LogP) is 4.01. The molecular weight excluding hydrogens is 310 g/mol. The van der Waals surface area contributed by atoms with Crippen molar-refractivity contribution in [1.82, 2.24) is 0 Å². The van der Waals surface area contributed by atoms with Crippen LogP contribution in [-0.4, -0.2) is 29.4 Å². The van der Waals surface area contributed by atoms with Gasteiger partial charge in [0.2, 0.25) is 0 Å². The summed E-state index contributed by atoms with van der Waals surface area (Å²) in [6.45, 7) is 6.59. The van der Waals surface area contributed by atoms with E-state index in [0.717, 1.165) is 32.7 Å². The number of carbonyl (C=O) groups is 1. The highest BCUT2D eigenvalue weighted by Gasteiger charge is 2.16. The zero-order valence-electron chi connectivity index (χ0n) is 13.4. The molecule has 23 heavy (non-hydrogen) atoms. The van der Waals surface area contributed by atoms with E-state index < -0.39 is 5.97 Å². The first-order valence-corrected chi connectivity index (χ1v) is 8.42. The van der Waals surface area contributed by atoms with Crippen LogP contribution in [0.25, 0.3) is 10.1 Å². The van der Waals surface area contributed by atoms with Gasteiger partial charge in [0.25, 0.3) is 0 Å². The van der Waals surface area contributed by atoms with E-state index in [1.807, 2.05) is 31.4 Å². The minimum absolute atomic E-state index is 0.0576. The van der Waals surface area contributed by atoms with Crippen molar-refractivity contribution in [3.63, 3.8) is 0 Å². The summed E-state index contributed by atoms with van der Waals surface area (Å²) in [6, 6.07) is 4.16. The third-order valence-corrected chi connectivity index (χ3v) is 4.98. The largest absolute Gasteiger partial charge is 0.489 e. The van der Waals surface area contributed by atoms with E-state index in [1.54, 1.807) is 11.3 Å². The Kier molecular flexibility index (Phi) is 4.22. The van der Waals surface area contributed by atoms with Crippen LogP contribution in [-0.2, 0) is 11.2 Å². The lowest BCUT2D eigenvalue weighted by atomic mass is 10.1. The van der Waals surface area contributed by atoms with E-state index in [0.29, 0.717) is 6.61 Å². The molecule has 5 heteroatoms. The number of aliphatic carboxylic acids is 1. The Balaban J connectivity index is 1.81. The first kappa shape index (κ1) is 15.7. The van der Waals surface area contributed by atoms with Gasteiger partial charge in [0.05, 0.1) is 12.5 Å². The number of carboxylic acids is 1. The zero-order chi connectivity index (χ0) is 16.6. The van der Waals surface area contributed by atoms with Gasteiger partial charge in [-0.2, -0.15) is 0 Å². The molecule has 1 N–H and O–H groups in total. The van der Waals surface area contributed by atoms with E-state index in [9.17, 15) is 4.79 Å². The van der Waals surface area contributed by atoms with E-state index in [2.05, 4.69) is 18.0 Å². The maximum Gasteiger partial charge on any atom is 0.307 e. The summed E-state index contributed by atoms with van der Waals surface area (Å²) < 4.78 is 7.00. The molecule has 0 saturated heterocycles. The molecule has 0 bridgehead atoms. The molecular formula is C18H19NO3S. The Labute approximate surface area is 139 Å². The molecule has 1 atom stereocenters. The fourth-order valence-electron chi connectivity index (χ4n) is 2.94. The number of aryl methyl sites for hydroxylation is 1. The van der Waals surface area contributed by atoms with Crippen LogP contribution in [0, 0.1) is 6.92 Å². The van der Waals surface area contributed by atoms with Crippen LogP contribution in [0.15, 0.2) is 34.2 Å². The number of nitrogens with zero attached hydrogens (tertiary/aromatic N) is 1. The summed E-state index contributed by atoms with van der Waals surface area (Å²) in [7, 11) is 0. The van der Waals surface area contributed by atoms with E-state index >= 15 is 0 Å². The van der Waals surface area contributed by atoms with Crippen LogP contribution < -0.4 is 4.74 Å². The maximum atomic E-state index is 11.0. The molecule has 120 valence electrons. The van der Waals surface area contributed by atoms with Crippen LogP contribution in [0.4, 0.5) is 0 Å². The maximum absolute atomic E-state index is 11.0. The van der Waals surface area contributed by atoms with Crippen molar-refractivity contribution in [1.29, 1.82) is 0 Å². The number of rotatable bonds is 5. The molecule has 0 saturated carbocycles. The number of hydrogen-bond donors (Lipinski definition) is 1. The number of carboxylic acid groups (broad SMARTS) is 1. The van der Waals surface area contributed by atoms with Gasteiger partial charge >= 0.3 is 5.97 Å². The molecule has 3 rings (SSSR count). The Morgan fingerprint density at radius 2 is 2.17 bits per heavy atom. The van der Waals surface area contributed by atoms with Gasteiger partial charge in [0.1, 0.15) is 12.4 Å². The van der Waals surface area contributed by atoms with Crippen molar-refractivity contribution >= 4 is 33.1 Å². The van der Waals surface area contributed by atoms with Gasteiger partial charge in [-0.05, 0) is 66.4 Å². The summed E-state index contributed by atoms with van der Waals surface area (Å²) >= 11 is 1.56. The monoisotopic (exact) mass is 329 g/mol. The summed E-state index contributed by atoms with van der Waals surface area (Å²) in [4.78, 5) is 15.4. The summed E-state index contributed by atoms with van der Waals surface area (Å²) in [5.74, 6) is 0.0123. The third kappa shape index (κ3) is 3.29. The number of thiophene rings is 1. The molecule has 1 unspecified atom stereocenters. The number of fused-ring (bicyclic) bond motifs is 1. The van der Waals surface area contributed by atoms with E-state index in [1.165, 1.54) is 5.57 Å². The summed E-state index contributed by atoms with van der Waals surface area (Å²) in [5.41, 5.74) is 4.14. The Hall–Kier alpha value is -2.14. The van der Waals surface area contributed by atoms with Gasteiger partial charge in [-0.25, -0.2) is 0 Å². The van der Waals surface area contributed by atoms with Gasteiger partial charge in [-0.1, -0.05) is 0 Å². The van der Waals surface area contributed by atoms with Crippen molar-refractivity contribution < 1.29 is 14.6 Å². The SMILES string of the molecule is CC1=NC(C)C(COc2cc(C)c3c(CC(=O)O)csc3c2)=C1. The summed E-state index contributed by atoms with van der Waals surface area (Å²) in [6.07, 6.45) is 2.13. The van der Waals surface area contributed by atoms with Crippen LogP contribution in [0.2, 0.25) is 0 Å². The lowest BCUT2D eigenvalue weighted by Gasteiger charge is -2.11. The third-order valence-electron chi connectivity index (χ3n) is 4.00. The number of allylic oxidation sites excluding steroid dienone is 1. The fraction of sp³-hybridized carbons (Fsp3) is 0.333. The van der Waals surface area contributed by atoms with Gasteiger partial charge in [0.15, 0.2) is 0 Å². The Morgan fingerprint density at radius 3 is 2.83 bits per heavy atom. The molecule has 0 spiro atoms. The molecule has 0 amide bonds. The molecule has 0 radical (unpaired) electrons. The first-order valence-electron chi connectivity index (χ1n) is 7.54. The zero-order valence-corrected chi connectivity index (χ0v) is 14.2. The molecule has 0 aliphatic carbocycles. The van der Waals surface area contributed by atoms with Crippen molar-refractivity contribution in [2.24, 2.45) is 4.99 Å². The van der Waals surface area contributed by atoms with Crippen LogP contribution in [0.1, 0.15) is 25.0 Å². The Morgan fingerprint density at radius 1 is 1.39 bits per heavy atom. The molecule has 4 nitrogen and oxygen atoms in total. The van der Waals surface area contributed by atoms with Crippen molar-refractivity contribution in [2.75, 3.05) is 6.61 Å². The normalized spacial score (nSPS) is 17.3. The van der Waals surface area contributed by atoms with Gasteiger partial charge in [-0.3, -0.25) is 9.79 Å². The van der Waals surface area contributed by atoms with Gasteiger partial charge in [-0.15, -0.1) is 11.3 Å². The second kappa shape index (κ2) is 6.16. The standard InChI is InChI=1S/C18H19NO3S/c1-10-4-15(22-8-13-5-11(2)19-12(13)3)7-16-18(10)14(9-23-16)6-17(20)21/h4-5,7,9,12H,6,8H2,1-3H3,(H,20,21). The second-order valence-corrected chi connectivity index (χ2v) is 6.81. The molecule has 2 aromatic rings. The van der Waals surface area contributed by atoms with Gasteiger partial charge in [0, 0.05) is 10.4 Å². The fourth-order valence-corrected chi connectivity index (χ4v) is 4.01. The number of benzene rings is 1. The van der Waals surface area contributed by atoms with Crippen LogP contribution in [0.5, 0.6) is 5.75 Å². The number of ether oxygens (including phenoxy) is 1. The van der Waals surface area contributed by atoms with Crippen molar-refractivity contribution in [3.05, 3.63) is 40.3 Å². The molecule has 1 aliphatic rings. The quantitative estimate of drug-likeness (QED) is 0.902. The molecule has 1 aromatic carbocycles. The average molecular weight is 329 g/mol. The Bertz CT molecular complexity index is 832. The van der Waals surface area contributed by atoms with E-state index in [4.69, 9.17) is 9.84 Å². The smallest absolute Gasteiger partial charge is 0.307 e. The average Bonchev–Trinajstić information content (AvgIpc) is 2.99. The highest BCUT2D eigenvalue weighted by Crippen LogP contribution is 2.33. The van der Waals surface area contributed by atoms with E-state index in [-0.39, 0.29) is 12.5 Å². The predicted molar refractivity (Wildman–Crippen MR) is 94.1 cm³/mol. The molecule has 0 fully saturated rings. The number of aliphatic imine (C=N–C) groups is 1. The van der Waals surface area contributed by atoms with Crippen LogP contribution >= 0.6 is 11.3 Å². The second-order valence-electron chi connectivity index (χ2n) is 5.90. The lowest BCUT2D eigenvalue weighted by molar-refractivity contribution is -0.136. The summed E-state index contributed by atoms with van der Waals surface area (Å²) in [5, 5.41) is 12.0. The molecule has 1 aliphatic heterocycles. The highest BCUT2D eigenvalue weighted by atomic mass is 32.1. The van der Waals surface area contributed by atoms with Crippen molar-refractivity contribution in [2.45, 2.75) is 33.2 Å². The molecule has 1 aromatic heterocycles. The topological polar surface area (TPSA) is 58.9 Å². The van der Waals surface area contributed by atoms with Gasteiger partial charge < -0.3 is 9.84 Å². The minimum atomic E-state index is -0.804. The van der Waals surface area contributed by atoms with Crippen LogP contribution in [0.3, 0.4) is 0 Å². The minimum Gasteiger partial charge on any atom is -0.489 e.